The zero-order valence-electron chi connectivity index (χ0n) is 15.0. The van der Waals surface area contributed by atoms with E-state index in [1.807, 2.05) is 50.8 Å². The van der Waals surface area contributed by atoms with E-state index in [1.54, 1.807) is 6.20 Å². The van der Waals surface area contributed by atoms with Crippen molar-refractivity contribution in [1.29, 1.82) is 0 Å². The second-order valence-corrected chi connectivity index (χ2v) is 7.95. The summed E-state index contributed by atoms with van der Waals surface area (Å²) in [5, 5.41) is 4.32. The monoisotopic (exact) mass is 341 g/mol. The summed E-state index contributed by atoms with van der Waals surface area (Å²) < 4.78 is 10.9. The van der Waals surface area contributed by atoms with E-state index in [0.29, 0.717) is 17.8 Å². The Kier molecular flexibility index (Phi) is 3.60. The van der Waals surface area contributed by atoms with E-state index in [0.717, 1.165) is 35.8 Å². The minimum absolute atomic E-state index is 0.222. The van der Waals surface area contributed by atoms with Gasteiger partial charge in [0.25, 0.3) is 0 Å². The Morgan fingerprint density at radius 2 is 2.00 bits per heavy atom. The fourth-order valence-electron chi connectivity index (χ4n) is 3.85. The largest absolute Gasteiger partial charge is 0.444 e. The van der Waals surface area contributed by atoms with Gasteiger partial charge in [-0.05, 0) is 51.7 Å². The zero-order valence-corrected chi connectivity index (χ0v) is 15.0. The van der Waals surface area contributed by atoms with Crippen LogP contribution in [0.2, 0.25) is 0 Å². The highest BCUT2D eigenvalue weighted by Crippen LogP contribution is 2.59. The van der Waals surface area contributed by atoms with Crippen LogP contribution in [0.4, 0.5) is 4.79 Å². The lowest BCUT2D eigenvalue weighted by molar-refractivity contribution is 0.0270. The van der Waals surface area contributed by atoms with Crippen LogP contribution in [0.25, 0.3) is 11.3 Å². The van der Waals surface area contributed by atoms with Gasteiger partial charge in [-0.3, -0.25) is 4.98 Å². The van der Waals surface area contributed by atoms with Gasteiger partial charge in [0.15, 0.2) is 0 Å². The molecule has 3 heterocycles. The topological polar surface area (TPSA) is 68.5 Å². The van der Waals surface area contributed by atoms with Gasteiger partial charge in [-0.15, -0.1) is 0 Å². The Morgan fingerprint density at radius 1 is 1.28 bits per heavy atom. The smallest absolute Gasteiger partial charge is 0.410 e. The molecule has 0 bridgehead atoms. The number of carbonyl (C=O) groups excluding carboxylic acids is 1. The molecule has 1 aliphatic heterocycles. The highest BCUT2D eigenvalue weighted by molar-refractivity contribution is 5.70. The number of aryl methyl sites for hydroxylation is 1. The van der Waals surface area contributed by atoms with Gasteiger partial charge in [0, 0.05) is 25.2 Å². The molecule has 0 spiro atoms. The van der Waals surface area contributed by atoms with Crippen LogP contribution in [-0.2, 0) is 4.74 Å². The Morgan fingerprint density at radius 3 is 2.60 bits per heavy atom. The first kappa shape index (κ1) is 16.1. The van der Waals surface area contributed by atoms with Crippen LogP contribution in [0.15, 0.2) is 28.9 Å². The van der Waals surface area contributed by atoms with Crippen molar-refractivity contribution in [3.05, 3.63) is 35.9 Å². The molecule has 2 unspecified atom stereocenters. The molecule has 0 N–H and O–H groups in total. The second-order valence-electron chi connectivity index (χ2n) is 7.95. The van der Waals surface area contributed by atoms with E-state index in [2.05, 4.69) is 10.1 Å². The van der Waals surface area contributed by atoms with Crippen molar-refractivity contribution in [3.63, 3.8) is 0 Å². The summed E-state index contributed by atoms with van der Waals surface area (Å²) in [5.74, 6) is 2.00. The van der Waals surface area contributed by atoms with Gasteiger partial charge in [0.05, 0.1) is 17.0 Å². The number of piperidine rings is 1. The number of fused-ring (bicyclic) bond motifs is 1. The maximum atomic E-state index is 12.2. The third-order valence-electron chi connectivity index (χ3n) is 4.97. The Bertz CT molecular complexity index is 782. The van der Waals surface area contributed by atoms with Crippen molar-refractivity contribution in [2.45, 2.75) is 39.2 Å². The van der Waals surface area contributed by atoms with Gasteiger partial charge in [0.2, 0.25) is 0 Å². The normalized spacial score (nSPS) is 25.0. The molecule has 1 saturated carbocycles. The summed E-state index contributed by atoms with van der Waals surface area (Å²) in [4.78, 5) is 18.5. The minimum atomic E-state index is -0.460. The van der Waals surface area contributed by atoms with E-state index in [-0.39, 0.29) is 6.09 Å². The molecule has 6 heteroatoms. The van der Waals surface area contributed by atoms with Crippen LogP contribution in [0.5, 0.6) is 0 Å². The summed E-state index contributed by atoms with van der Waals surface area (Å²) in [7, 11) is 0. The zero-order chi connectivity index (χ0) is 17.8. The first-order valence-electron chi connectivity index (χ1n) is 8.70. The van der Waals surface area contributed by atoms with Crippen LogP contribution in [0.1, 0.15) is 38.1 Å². The lowest BCUT2D eigenvalue weighted by atomic mass is 10.0. The molecule has 4 rings (SSSR count). The molecule has 2 fully saturated rings. The van der Waals surface area contributed by atoms with Gasteiger partial charge in [-0.25, -0.2) is 4.79 Å². The highest BCUT2D eigenvalue weighted by Gasteiger charge is 2.59. The van der Waals surface area contributed by atoms with E-state index >= 15 is 0 Å². The highest BCUT2D eigenvalue weighted by atomic mass is 16.6. The average molecular weight is 341 g/mol. The van der Waals surface area contributed by atoms with Gasteiger partial charge in [-0.2, -0.15) is 0 Å². The average Bonchev–Trinajstić information content (AvgIpc) is 2.90. The molecule has 0 aromatic carbocycles. The van der Waals surface area contributed by atoms with Crippen molar-refractivity contribution in [3.8, 4) is 11.3 Å². The Balaban J connectivity index is 1.49. The number of aromatic nitrogens is 2. The lowest BCUT2D eigenvalue weighted by Crippen LogP contribution is -2.36. The molecular formula is C19H23N3O3. The predicted molar refractivity (Wildman–Crippen MR) is 92.0 cm³/mol. The number of pyridine rings is 1. The first-order valence-corrected chi connectivity index (χ1v) is 8.70. The predicted octanol–water partition coefficient (Wildman–Crippen LogP) is 3.63. The number of amides is 1. The van der Waals surface area contributed by atoms with Crippen molar-refractivity contribution in [2.24, 2.45) is 11.8 Å². The maximum Gasteiger partial charge on any atom is 0.410 e. The number of carbonyl (C=O) groups is 1. The standard InChI is InChI=1S/C19H23N3O3/c1-11-15(14-7-5-6-8-20-14)17(21-25-11)16-12-9-22(10-13(12)16)18(23)24-19(2,3)4/h5-8,12-13,16H,9-10H2,1-4H3. The van der Waals surface area contributed by atoms with Crippen LogP contribution < -0.4 is 0 Å². The molecule has 1 amide bonds. The lowest BCUT2D eigenvalue weighted by Gasteiger charge is -2.25. The summed E-state index contributed by atoms with van der Waals surface area (Å²) in [5.41, 5.74) is 2.42. The number of nitrogens with zero attached hydrogens (tertiary/aromatic N) is 3. The van der Waals surface area contributed by atoms with Crippen molar-refractivity contribution < 1.29 is 14.1 Å². The fraction of sp³-hybridized carbons (Fsp3) is 0.526. The summed E-state index contributed by atoms with van der Waals surface area (Å²) in [6.07, 6.45) is 1.56. The third-order valence-corrected chi connectivity index (χ3v) is 4.97. The minimum Gasteiger partial charge on any atom is -0.444 e. The van der Waals surface area contributed by atoms with Crippen LogP contribution in [-0.4, -0.2) is 39.8 Å². The fourth-order valence-corrected chi connectivity index (χ4v) is 3.85. The quantitative estimate of drug-likeness (QED) is 0.834. The maximum absolute atomic E-state index is 12.2. The first-order chi connectivity index (χ1) is 11.8. The third kappa shape index (κ3) is 2.90. The molecule has 2 aliphatic rings. The molecule has 2 aromatic rings. The summed E-state index contributed by atoms with van der Waals surface area (Å²) >= 11 is 0. The summed E-state index contributed by atoms with van der Waals surface area (Å²) in [6, 6.07) is 5.85. The number of rotatable bonds is 2. The van der Waals surface area contributed by atoms with Crippen molar-refractivity contribution in [2.75, 3.05) is 13.1 Å². The Hall–Kier alpha value is -2.37. The molecule has 1 aliphatic carbocycles. The molecule has 6 nitrogen and oxygen atoms in total. The number of hydrogen-bond acceptors (Lipinski definition) is 5. The molecule has 2 aromatic heterocycles. The van der Waals surface area contributed by atoms with E-state index in [9.17, 15) is 4.79 Å². The summed E-state index contributed by atoms with van der Waals surface area (Å²) in [6.45, 7) is 9.03. The molecule has 1 saturated heterocycles. The van der Waals surface area contributed by atoms with Crippen LogP contribution in [0, 0.1) is 18.8 Å². The van der Waals surface area contributed by atoms with Gasteiger partial charge < -0.3 is 14.2 Å². The second kappa shape index (κ2) is 5.58. The van der Waals surface area contributed by atoms with E-state index in [1.165, 1.54) is 0 Å². The number of hydrogen-bond donors (Lipinski definition) is 0. The van der Waals surface area contributed by atoms with Gasteiger partial charge in [-0.1, -0.05) is 11.2 Å². The molecule has 25 heavy (non-hydrogen) atoms. The molecule has 132 valence electrons. The number of likely N-dealkylation sites (tertiary alicyclic amines) is 1. The van der Waals surface area contributed by atoms with Gasteiger partial charge in [0.1, 0.15) is 11.4 Å². The molecular weight excluding hydrogens is 318 g/mol. The van der Waals surface area contributed by atoms with E-state index < -0.39 is 5.60 Å². The SMILES string of the molecule is Cc1onc(C2C3CN(C(=O)OC(C)(C)C)CC32)c1-c1ccccn1. The molecule has 2 atom stereocenters. The van der Waals surface area contributed by atoms with Crippen LogP contribution in [0.3, 0.4) is 0 Å². The van der Waals surface area contributed by atoms with Crippen molar-refractivity contribution in [1.82, 2.24) is 15.0 Å². The van der Waals surface area contributed by atoms with Crippen LogP contribution >= 0.6 is 0 Å². The van der Waals surface area contributed by atoms with E-state index in [4.69, 9.17) is 9.26 Å². The van der Waals surface area contributed by atoms with Gasteiger partial charge >= 0.3 is 6.09 Å². The Labute approximate surface area is 147 Å². The van der Waals surface area contributed by atoms with Crippen molar-refractivity contribution >= 4 is 6.09 Å². The molecule has 0 radical (unpaired) electrons. The number of ether oxygens (including phenoxy) is 1.